The van der Waals surface area contributed by atoms with Crippen molar-refractivity contribution >= 4 is 41.0 Å². The van der Waals surface area contributed by atoms with Crippen molar-refractivity contribution in [2.24, 2.45) is 28.1 Å². The van der Waals surface area contributed by atoms with Crippen LogP contribution in [-0.4, -0.2) is 51.3 Å². The average Bonchev–Trinajstić information content (AvgIpc) is 2.63. The van der Waals surface area contributed by atoms with Crippen molar-refractivity contribution in [3.05, 3.63) is 35.1 Å². The molecule has 2 aromatic rings. The maximum Gasteiger partial charge on any atom is 0.302 e. The molecule has 0 atom stereocenters. The van der Waals surface area contributed by atoms with E-state index in [-0.39, 0.29) is 28.3 Å². The quantitative estimate of drug-likeness (QED) is 0.368. The van der Waals surface area contributed by atoms with Gasteiger partial charge < -0.3 is 27.8 Å². The summed E-state index contributed by atoms with van der Waals surface area (Å²) in [5.41, 5.74) is 20.9. The monoisotopic (exact) mass is 422 g/mol. The van der Waals surface area contributed by atoms with Crippen molar-refractivity contribution in [1.82, 2.24) is 19.9 Å². The lowest BCUT2D eigenvalue weighted by Crippen LogP contribution is -2.26. The van der Waals surface area contributed by atoms with Gasteiger partial charge in [-0.05, 0) is 5.92 Å². The van der Waals surface area contributed by atoms with Crippen LogP contribution < -0.4 is 27.8 Å². The normalized spacial score (nSPS) is 9.97. The van der Waals surface area contributed by atoms with E-state index in [2.05, 4.69) is 38.8 Å². The fraction of sp³-hybridized carbons (Fsp3) is 0.312. The summed E-state index contributed by atoms with van der Waals surface area (Å²) in [6, 6.07) is 0. The molecule has 2 rings (SSSR count). The molecule has 0 aliphatic heterocycles. The minimum Gasteiger partial charge on any atom is -0.382 e. The molecule has 12 nitrogen and oxygen atoms in total. The van der Waals surface area contributed by atoms with Crippen molar-refractivity contribution in [2.75, 3.05) is 24.2 Å². The zero-order valence-corrected chi connectivity index (χ0v) is 17.0. The summed E-state index contributed by atoms with van der Waals surface area (Å²) in [6.07, 6.45) is 4.22. The van der Waals surface area contributed by atoms with Gasteiger partial charge in [-0.15, -0.1) is 0 Å². The summed E-state index contributed by atoms with van der Waals surface area (Å²) < 4.78 is 0. The van der Waals surface area contributed by atoms with Crippen molar-refractivity contribution in [1.29, 1.82) is 0 Å². The Morgan fingerprint density at radius 1 is 1.21 bits per heavy atom. The minimum absolute atomic E-state index is 0.0662. The molecule has 0 aliphatic rings. The first kappa shape index (κ1) is 23.5. The molecular formula is C16H23ClN10O2. The molecule has 2 amide bonds. The fourth-order valence-corrected chi connectivity index (χ4v) is 2.32. The van der Waals surface area contributed by atoms with Gasteiger partial charge in [-0.2, -0.15) is 4.99 Å². The molecular weight excluding hydrogens is 400 g/mol. The number of guanidine groups is 1. The number of hydrogen-bond acceptors (Lipinski definition) is 8. The third-order valence-corrected chi connectivity index (χ3v) is 3.37. The first-order valence-corrected chi connectivity index (χ1v) is 8.64. The summed E-state index contributed by atoms with van der Waals surface area (Å²) in [5, 5.41) is 0.0662. The average molecular weight is 423 g/mol. The van der Waals surface area contributed by atoms with E-state index in [1.165, 1.54) is 18.6 Å². The molecule has 0 saturated heterocycles. The van der Waals surface area contributed by atoms with Crippen LogP contribution in [0.2, 0.25) is 5.15 Å². The molecule has 0 radical (unpaired) electrons. The number of aliphatic imine (C=N–C) groups is 1. The molecule has 0 bridgehead atoms. The Morgan fingerprint density at radius 2 is 1.86 bits per heavy atom. The lowest BCUT2D eigenvalue weighted by molar-refractivity contribution is 0.0988. The van der Waals surface area contributed by atoms with Crippen LogP contribution in [0, 0.1) is 5.92 Å². The molecule has 2 heterocycles. The molecule has 13 heteroatoms. The molecule has 0 spiro atoms. The summed E-state index contributed by atoms with van der Waals surface area (Å²) in [4.78, 5) is 42.5. The maximum absolute atomic E-state index is 11.7. The highest BCUT2D eigenvalue weighted by Gasteiger charge is 2.19. The number of primary amides is 1. The van der Waals surface area contributed by atoms with Crippen molar-refractivity contribution in [3.63, 3.8) is 0 Å². The van der Waals surface area contributed by atoms with Crippen LogP contribution >= 0.6 is 11.6 Å². The van der Waals surface area contributed by atoms with E-state index in [9.17, 15) is 9.59 Å². The van der Waals surface area contributed by atoms with Crippen molar-refractivity contribution in [3.8, 4) is 0 Å². The molecule has 29 heavy (non-hydrogen) atoms. The Balaban J connectivity index is 0.000000387. The van der Waals surface area contributed by atoms with Crippen molar-refractivity contribution < 1.29 is 9.59 Å². The van der Waals surface area contributed by atoms with E-state index in [0.29, 0.717) is 11.7 Å². The third kappa shape index (κ3) is 7.54. The second-order valence-corrected chi connectivity index (χ2v) is 6.50. The number of nitrogens with zero attached hydrogens (tertiary/aromatic N) is 6. The van der Waals surface area contributed by atoms with Gasteiger partial charge in [-0.1, -0.05) is 25.4 Å². The highest BCUT2D eigenvalue weighted by molar-refractivity contribution is 6.32. The summed E-state index contributed by atoms with van der Waals surface area (Å²) in [5.74, 6) is -0.984. The predicted octanol–water partition coefficient (Wildman–Crippen LogP) is -0.206. The summed E-state index contributed by atoms with van der Waals surface area (Å²) in [6.45, 7) is 4.82. The van der Waals surface area contributed by atoms with E-state index in [1.54, 1.807) is 0 Å². The number of aromatic nitrogens is 4. The molecule has 0 saturated carbocycles. The van der Waals surface area contributed by atoms with Crippen LogP contribution in [0.5, 0.6) is 0 Å². The van der Waals surface area contributed by atoms with E-state index in [4.69, 9.17) is 34.5 Å². The predicted molar refractivity (Wildman–Crippen MR) is 110 cm³/mol. The summed E-state index contributed by atoms with van der Waals surface area (Å²) in [7, 11) is 1.81. The molecule has 0 fully saturated rings. The molecule has 156 valence electrons. The Kier molecular flexibility index (Phi) is 8.68. The van der Waals surface area contributed by atoms with Gasteiger partial charge in [0.15, 0.2) is 28.4 Å². The lowest BCUT2D eigenvalue weighted by atomic mass is 10.2. The molecule has 8 N–H and O–H groups in total. The smallest absolute Gasteiger partial charge is 0.302 e. The molecule has 0 aromatic carbocycles. The maximum atomic E-state index is 11.7. The molecule has 2 aromatic heterocycles. The summed E-state index contributed by atoms with van der Waals surface area (Å²) >= 11 is 6.03. The first-order chi connectivity index (χ1) is 13.5. The second kappa shape index (κ2) is 10.7. The van der Waals surface area contributed by atoms with Gasteiger partial charge in [-0.25, -0.2) is 15.0 Å². The van der Waals surface area contributed by atoms with Crippen LogP contribution in [0.25, 0.3) is 0 Å². The standard InChI is InChI=1S/C11H18ClN7O.C5H5N3O/c1-5(2)4-19(3)9-7(12)16-6(8(13)17-9)10(20)18-11(14)15;6-5(9)4-3-7-1-2-8-4/h5H,4H2,1-3H3,(H2,13,17)(H4,14,15,18,20);1-3H,(H2,6,9). The van der Waals surface area contributed by atoms with Gasteiger partial charge in [0.05, 0.1) is 6.20 Å². The Hall–Kier alpha value is -3.54. The number of nitrogens with two attached hydrogens (primary N) is 4. The largest absolute Gasteiger partial charge is 0.382 e. The minimum atomic E-state index is -0.782. The van der Waals surface area contributed by atoms with Crippen LogP contribution in [0.1, 0.15) is 34.8 Å². The van der Waals surface area contributed by atoms with Gasteiger partial charge in [-0.3, -0.25) is 14.6 Å². The van der Waals surface area contributed by atoms with Crippen LogP contribution in [-0.2, 0) is 0 Å². The first-order valence-electron chi connectivity index (χ1n) is 8.26. The van der Waals surface area contributed by atoms with Crippen LogP contribution in [0.4, 0.5) is 11.6 Å². The van der Waals surface area contributed by atoms with Crippen LogP contribution in [0.3, 0.4) is 0 Å². The van der Waals surface area contributed by atoms with E-state index in [0.717, 1.165) is 6.54 Å². The van der Waals surface area contributed by atoms with E-state index >= 15 is 0 Å². The number of rotatable bonds is 5. The van der Waals surface area contributed by atoms with Crippen molar-refractivity contribution in [2.45, 2.75) is 13.8 Å². The number of amides is 2. The number of nitrogen functional groups attached to an aromatic ring is 1. The van der Waals surface area contributed by atoms with Gasteiger partial charge in [0.2, 0.25) is 0 Å². The number of halogens is 1. The van der Waals surface area contributed by atoms with E-state index < -0.39 is 11.8 Å². The zero-order valence-electron chi connectivity index (χ0n) is 16.2. The van der Waals surface area contributed by atoms with Gasteiger partial charge in [0, 0.05) is 26.0 Å². The van der Waals surface area contributed by atoms with Gasteiger partial charge in [0.1, 0.15) is 5.69 Å². The highest BCUT2D eigenvalue weighted by Crippen LogP contribution is 2.24. The molecule has 0 aliphatic carbocycles. The van der Waals surface area contributed by atoms with Gasteiger partial charge in [0.25, 0.3) is 5.91 Å². The Bertz CT molecular complexity index is 885. The topological polar surface area (TPSA) is 205 Å². The zero-order chi connectivity index (χ0) is 22.1. The SMILES string of the molecule is CC(C)CN(C)c1nc(N)c(C(=O)N=C(N)N)nc1Cl.NC(=O)c1cnccn1. The Morgan fingerprint density at radius 3 is 2.31 bits per heavy atom. The number of carbonyl (C=O) groups is 2. The Labute approximate surface area is 172 Å². The highest BCUT2D eigenvalue weighted by atomic mass is 35.5. The van der Waals surface area contributed by atoms with Crippen LogP contribution in [0.15, 0.2) is 23.6 Å². The number of anilines is 2. The second-order valence-electron chi connectivity index (χ2n) is 6.14. The third-order valence-electron chi connectivity index (χ3n) is 3.11. The van der Waals surface area contributed by atoms with Gasteiger partial charge >= 0.3 is 5.91 Å². The lowest BCUT2D eigenvalue weighted by Gasteiger charge is -2.21. The van der Waals surface area contributed by atoms with E-state index in [1.807, 2.05) is 11.9 Å². The number of hydrogen-bond donors (Lipinski definition) is 4. The number of carbonyl (C=O) groups excluding carboxylic acids is 2. The fourth-order valence-electron chi connectivity index (χ4n) is 2.05. The molecule has 0 unspecified atom stereocenters.